The lowest BCUT2D eigenvalue weighted by molar-refractivity contribution is 0.269. The second kappa shape index (κ2) is 8.22. The molecule has 4 nitrogen and oxygen atoms in total. The molecule has 3 aromatic rings. The van der Waals surface area contributed by atoms with Crippen molar-refractivity contribution in [1.29, 1.82) is 0 Å². The highest BCUT2D eigenvalue weighted by atomic mass is 35.5. The first-order valence-electron chi connectivity index (χ1n) is 9.94. The number of aryl methyl sites for hydroxylation is 1. The van der Waals surface area contributed by atoms with E-state index in [1.807, 2.05) is 36.5 Å². The van der Waals surface area contributed by atoms with Crippen LogP contribution in [-0.2, 0) is 0 Å². The molecule has 0 aliphatic carbocycles. The summed E-state index contributed by atoms with van der Waals surface area (Å²) in [5.41, 5.74) is 5.25. The molecule has 1 aromatic carbocycles. The SMILES string of the molecule is Cc1cc([C@@H]2[C@H](c3ccccn3)NC(=S)N2C(C)C)c(C)n1-c1cccc(Cl)c1Cl. The lowest BCUT2D eigenvalue weighted by Gasteiger charge is -2.31. The number of aromatic nitrogens is 2. The van der Waals surface area contributed by atoms with Gasteiger partial charge >= 0.3 is 0 Å². The Labute approximate surface area is 192 Å². The van der Waals surface area contributed by atoms with Crippen LogP contribution in [0, 0.1) is 13.8 Å². The Morgan fingerprint density at radius 2 is 1.87 bits per heavy atom. The maximum absolute atomic E-state index is 6.56. The zero-order chi connectivity index (χ0) is 21.6. The van der Waals surface area contributed by atoms with Crippen LogP contribution in [0.15, 0.2) is 48.7 Å². The molecule has 0 unspecified atom stereocenters. The number of nitrogens with zero attached hydrogens (tertiary/aromatic N) is 3. The topological polar surface area (TPSA) is 33.1 Å². The van der Waals surface area contributed by atoms with E-state index in [1.54, 1.807) is 6.07 Å². The van der Waals surface area contributed by atoms with Crippen LogP contribution in [0.5, 0.6) is 0 Å². The van der Waals surface area contributed by atoms with E-state index in [2.05, 4.69) is 53.5 Å². The van der Waals surface area contributed by atoms with E-state index >= 15 is 0 Å². The summed E-state index contributed by atoms with van der Waals surface area (Å²) < 4.78 is 2.17. The van der Waals surface area contributed by atoms with Gasteiger partial charge in [-0.1, -0.05) is 35.3 Å². The third-order valence-corrected chi connectivity index (χ3v) is 6.79. The maximum atomic E-state index is 6.56. The Kier molecular flexibility index (Phi) is 5.80. The minimum Gasteiger partial charge on any atom is -0.352 e. The first kappa shape index (κ1) is 21.2. The standard InChI is InChI=1S/C23H24Cl2N4S/c1-13(2)28-22(21(27-23(28)30)18-9-5-6-11-26-18)16-12-14(3)29(15(16)4)19-10-7-8-17(24)20(19)25/h5-13,21-22H,1-4H3,(H,27,30)/t21-,22+/m0/s1. The quantitative estimate of drug-likeness (QED) is 0.473. The molecular formula is C23H24Cl2N4S. The fourth-order valence-electron chi connectivity index (χ4n) is 4.38. The number of rotatable bonds is 4. The summed E-state index contributed by atoms with van der Waals surface area (Å²) in [6, 6.07) is 14.1. The molecule has 0 spiro atoms. The fourth-order valence-corrected chi connectivity index (χ4v) is 5.21. The fraction of sp³-hybridized carbons (Fsp3) is 0.304. The third-order valence-electron chi connectivity index (χ3n) is 5.65. The third kappa shape index (κ3) is 3.49. The van der Waals surface area contributed by atoms with Crippen molar-refractivity contribution in [2.75, 3.05) is 0 Å². The summed E-state index contributed by atoms with van der Waals surface area (Å²) >= 11 is 18.6. The predicted molar refractivity (Wildman–Crippen MR) is 128 cm³/mol. The van der Waals surface area contributed by atoms with Gasteiger partial charge in [-0.3, -0.25) is 4.98 Å². The first-order chi connectivity index (χ1) is 14.3. The van der Waals surface area contributed by atoms with Crippen LogP contribution in [0.25, 0.3) is 5.69 Å². The summed E-state index contributed by atoms with van der Waals surface area (Å²) in [7, 11) is 0. The summed E-state index contributed by atoms with van der Waals surface area (Å²) in [5.74, 6) is 0. The van der Waals surface area contributed by atoms with Crippen molar-refractivity contribution in [1.82, 2.24) is 19.8 Å². The molecule has 0 radical (unpaired) electrons. The van der Waals surface area contributed by atoms with Gasteiger partial charge in [0.05, 0.1) is 33.5 Å². The Hall–Kier alpha value is -2.08. The number of hydrogen-bond donors (Lipinski definition) is 1. The van der Waals surface area contributed by atoms with Gasteiger partial charge in [0, 0.05) is 23.6 Å². The van der Waals surface area contributed by atoms with Crippen LogP contribution in [0.4, 0.5) is 0 Å². The van der Waals surface area contributed by atoms with Gasteiger partial charge in [0.15, 0.2) is 5.11 Å². The maximum Gasteiger partial charge on any atom is 0.170 e. The molecule has 30 heavy (non-hydrogen) atoms. The monoisotopic (exact) mass is 458 g/mol. The Bertz CT molecular complexity index is 1090. The summed E-state index contributed by atoms with van der Waals surface area (Å²) in [6.07, 6.45) is 1.82. The van der Waals surface area contributed by atoms with Crippen LogP contribution in [0.1, 0.15) is 48.6 Å². The number of thiocarbonyl (C=S) groups is 1. The van der Waals surface area contributed by atoms with Crippen molar-refractivity contribution < 1.29 is 0 Å². The van der Waals surface area contributed by atoms with Crippen molar-refractivity contribution in [3.63, 3.8) is 0 Å². The van der Waals surface area contributed by atoms with Gasteiger partial charge < -0.3 is 14.8 Å². The first-order valence-corrected chi connectivity index (χ1v) is 11.1. The van der Waals surface area contributed by atoms with Gasteiger partial charge in [-0.25, -0.2) is 0 Å². The zero-order valence-electron chi connectivity index (χ0n) is 17.4. The van der Waals surface area contributed by atoms with Gasteiger partial charge in [-0.15, -0.1) is 0 Å². The molecule has 1 aliphatic heterocycles. The second-order valence-electron chi connectivity index (χ2n) is 7.86. The van der Waals surface area contributed by atoms with Crippen molar-refractivity contribution in [2.45, 2.75) is 45.8 Å². The normalized spacial score (nSPS) is 18.9. The molecular weight excluding hydrogens is 435 g/mol. The van der Waals surface area contributed by atoms with Gasteiger partial charge in [-0.05, 0) is 75.8 Å². The number of halogens is 2. The predicted octanol–water partition coefficient (Wildman–Crippen LogP) is 6.18. The van der Waals surface area contributed by atoms with Gasteiger partial charge in [-0.2, -0.15) is 0 Å². The second-order valence-corrected chi connectivity index (χ2v) is 9.03. The summed E-state index contributed by atoms with van der Waals surface area (Å²) in [5, 5.41) is 5.35. The molecule has 1 saturated heterocycles. The average molecular weight is 459 g/mol. The number of nitrogens with one attached hydrogen (secondary N) is 1. The largest absolute Gasteiger partial charge is 0.352 e. The van der Waals surface area contributed by atoms with Crippen LogP contribution < -0.4 is 5.32 Å². The summed E-state index contributed by atoms with van der Waals surface area (Å²) in [6.45, 7) is 8.53. The Morgan fingerprint density at radius 1 is 1.10 bits per heavy atom. The molecule has 0 bridgehead atoms. The van der Waals surface area contributed by atoms with Crippen LogP contribution in [-0.4, -0.2) is 25.6 Å². The smallest absolute Gasteiger partial charge is 0.170 e. The molecule has 1 fully saturated rings. The van der Waals surface area contributed by atoms with Crippen molar-refractivity contribution in [3.05, 3.63) is 81.4 Å². The zero-order valence-corrected chi connectivity index (χ0v) is 19.7. The van der Waals surface area contributed by atoms with Gasteiger partial charge in [0.25, 0.3) is 0 Å². The highest BCUT2D eigenvalue weighted by Gasteiger charge is 2.42. The van der Waals surface area contributed by atoms with E-state index in [0.717, 1.165) is 27.9 Å². The molecule has 4 rings (SSSR count). The van der Waals surface area contributed by atoms with Gasteiger partial charge in [0.1, 0.15) is 0 Å². The highest BCUT2D eigenvalue weighted by molar-refractivity contribution is 7.80. The molecule has 0 saturated carbocycles. The molecule has 156 valence electrons. The molecule has 2 aromatic heterocycles. The highest BCUT2D eigenvalue weighted by Crippen LogP contribution is 2.43. The van der Waals surface area contributed by atoms with E-state index in [-0.39, 0.29) is 18.1 Å². The van der Waals surface area contributed by atoms with E-state index in [1.165, 1.54) is 5.56 Å². The number of benzene rings is 1. The van der Waals surface area contributed by atoms with Crippen LogP contribution in [0.2, 0.25) is 10.0 Å². The van der Waals surface area contributed by atoms with E-state index < -0.39 is 0 Å². The molecule has 7 heteroatoms. The molecule has 0 amide bonds. The number of pyridine rings is 1. The molecule has 1 N–H and O–H groups in total. The van der Waals surface area contributed by atoms with E-state index in [4.69, 9.17) is 35.4 Å². The van der Waals surface area contributed by atoms with Crippen LogP contribution >= 0.6 is 35.4 Å². The van der Waals surface area contributed by atoms with Crippen molar-refractivity contribution >= 4 is 40.5 Å². The lowest BCUT2D eigenvalue weighted by Crippen LogP contribution is -2.35. The van der Waals surface area contributed by atoms with Crippen molar-refractivity contribution in [2.24, 2.45) is 0 Å². The van der Waals surface area contributed by atoms with Crippen molar-refractivity contribution in [3.8, 4) is 5.69 Å². The van der Waals surface area contributed by atoms with E-state index in [9.17, 15) is 0 Å². The molecule has 2 atom stereocenters. The minimum atomic E-state index is -0.0371. The summed E-state index contributed by atoms with van der Waals surface area (Å²) in [4.78, 5) is 6.88. The van der Waals surface area contributed by atoms with E-state index in [0.29, 0.717) is 10.0 Å². The average Bonchev–Trinajstić information content (AvgIpc) is 3.21. The lowest BCUT2D eigenvalue weighted by atomic mass is 9.96. The van der Waals surface area contributed by atoms with Crippen LogP contribution in [0.3, 0.4) is 0 Å². The Morgan fingerprint density at radius 3 is 2.53 bits per heavy atom. The number of hydrogen-bond acceptors (Lipinski definition) is 2. The Balaban J connectivity index is 1.88. The molecule has 3 heterocycles. The molecule has 1 aliphatic rings. The minimum absolute atomic E-state index is 0.0188. The van der Waals surface area contributed by atoms with Gasteiger partial charge in [0.2, 0.25) is 0 Å².